The van der Waals surface area contributed by atoms with Crippen molar-refractivity contribution in [3.05, 3.63) is 64.5 Å². The van der Waals surface area contributed by atoms with E-state index in [9.17, 15) is 9.59 Å². The summed E-state index contributed by atoms with van der Waals surface area (Å²) in [5.74, 6) is -0.395. The molecule has 2 aromatic rings. The normalized spacial score (nSPS) is 16.7. The number of rotatable bonds is 7. The molecule has 0 spiro atoms. The summed E-state index contributed by atoms with van der Waals surface area (Å²) in [5, 5.41) is 0. The molecule has 30 heavy (non-hydrogen) atoms. The summed E-state index contributed by atoms with van der Waals surface area (Å²) < 4.78 is 4.85. The van der Waals surface area contributed by atoms with Crippen LogP contribution in [0.5, 0.6) is 0 Å². The van der Waals surface area contributed by atoms with Crippen molar-refractivity contribution in [2.24, 2.45) is 0 Å². The summed E-state index contributed by atoms with van der Waals surface area (Å²) in [6.45, 7) is 9.97. The summed E-state index contributed by atoms with van der Waals surface area (Å²) in [4.78, 5) is 32.8. The Morgan fingerprint density at radius 3 is 2.43 bits per heavy atom. The maximum Gasteiger partial charge on any atom is 0.339 e. The monoisotopic (exact) mass is 409 g/mol. The Kier molecular flexibility index (Phi) is 7.24. The first-order chi connectivity index (χ1) is 14.4. The van der Waals surface area contributed by atoms with Crippen LogP contribution in [-0.4, -0.2) is 72.4 Å². The number of H-pyrrole nitrogens is 1. The predicted molar refractivity (Wildman–Crippen MR) is 119 cm³/mol. The molecular formula is C24H31N3O3. The van der Waals surface area contributed by atoms with Gasteiger partial charge in [-0.3, -0.25) is 14.6 Å². The van der Waals surface area contributed by atoms with Gasteiger partial charge in [-0.05, 0) is 31.9 Å². The van der Waals surface area contributed by atoms with Gasteiger partial charge in [0.25, 0.3) is 0 Å². The number of ether oxygens (including phenoxy) is 1. The number of esters is 1. The van der Waals surface area contributed by atoms with Crippen molar-refractivity contribution in [2.45, 2.75) is 26.8 Å². The number of hydrogen-bond acceptors (Lipinski definition) is 5. The molecule has 1 aliphatic heterocycles. The molecule has 1 aromatic carbocycles. The van der Waals surface area contributed by atoms with Gasteiger partial charge in [0.1, 0.15) is 0 Å². The molecule has 0 radical (unpaired) electrons. The number of methoxy groups -OCH3 is 1. The smallest absolute Gasteiger partial charge is 0.339 e. The minimum absolute atomic E-state index is 0.0168. The van der Waals surface area contributed by atoms with E-state index in [1.807, 2.05) is 25.1 Å². The van der Waals surface area contributed by atoms with E-state index < -0.39 is 5.97 Å². The van der Waals surface area contributed by atoms with Crippen molar-refractivity contribution in [1.82, 2.24) is 14.8 Å². The van der Waals surface area contributed by atoms with Crippen LogP contribution in [-0.2, 0) is 4.74 Å². The van der Waals surface area contributed by atoms with Crippen LogP contribution in [0.1, 0.15) is 44.6 Å². The zero-order valence-corrected chi connectivity index (χ0v) is 18.3. The maximum absolute atomic E-state index is 13.1. The standard InChI is InChI=1S/C24H31N3O3/c1-17-21(24(29)30-4)18(2)25-22(17)23(28)19(3)27-15-13-26(14-16-27)12-8-11-20-9-6-5-7-10-20/h5-11,19,25H,12-16H2,1-4H3/b11-8+/t19-/m1/s1. The number of Topliss-reactive ketones (excluding diaryl/α,β-unsaturated/α-hetero) is 1. The van der Waals surface area contributed by atoms with Crippen molar-refractivity contribution in [3.8, 4) is 0 Å². The van der Waals surface area contributed by atoms with E-state index in [2.05, 4.69) is 39.1 Å². The number of nitrogens with zero attached hydrogens (tertiary/aromatic N) is 2. The summed E-state index contributed by atoms with van der Waals surface area (Å²) in [6.07, 6.45) is 4.34. The highest BCUT2D eigenvalue weighted by atomic mass is 16.5. The van der Waals surface area contributed by atoms with Crippen molar-refractivity contribution < 1.29 is 14.3 Å². The molecule has 160 valence electrons. The second-order valence-corrected chi connectivity index (χ2v) is 7.81. The molecule has 1 saturated heterocycles. The van der Waals surface area contributed by atoms with E-state index in [1.54, 1.807) is 13.8 Å². The lowest BCUT2D eigenvalue weighted by atomic mass is 10.0. The van der Waals surface area contributed by atoms with Crippen molar-refractivity contribution in [2.75, 3.05) is 39.8 Å². The fourth-order valence-electron chi connectivity index (χ4n) is 4.01. The van der Waals surface area contributed by atoms with Crippen molar-refractivity contribution in [3.63, 3.8) is 0 Å². The van der Waals surface area contributed by atoms with E-state index in [1.165, 1.54) is 12.7 Å². The van der Waals surface area contributed by atoms with Gasteiger partial charge in [-0.25, -0.2) is 4.79 Å². The first-order valence-corrected chi connectivity index (χ1v) is 10.4. The van der Waals surface area contributed by atoms with Crippen molar-refractivity contribution in [1.29, 1.82) is 0 Å². The number of piperazine rings is 1. The molecular weight excluding hydrogens is 378 g/mol. The van der Waals surface area contributed by atoms with Crippen LogP contribution in [0.3, 0.4) is 0 Å². The van der Waals surface area contributed by atoms with Crippen LogP contribution in [0.25, 0.3) is 6.08 Å². The van der Waals surface area contributed by atoms with Crippen LogP contribution in [0.15, 0.2) is 36.4 Å². The van der Waals surface area contributed by atoms with Gasteiger partial charge in [-0.15, -0.1) is 0 Å². The largest absolute Gasteiger partial charge is 0.465 e. The van der Waals surface area contributed by atoms with E-state index in [0.29, 0.717) is 22.5 Å². The molecule has 0 aliphatic carbocycles. The highest BCUT2D eigenvalue weighted by Gasteiger charge is 2.30. The Hall–Kier alpha value is -2.70. The molecule has 1 fully saturated rings. The van der Waals surface area contributed by atoms with E-state index in [0.717, 1.165) is 32.7 Å². The van der Waals surface area contributed by atoms with Crippen LogP contribution < -0.4 is 0 Å². The molecule has 0 bridgehead atoms. The number of aromatic nitrogens is 1. The fourth-order valence-corrected chi connectivity index (χ4v) is 4.01. The minimum atomic E-state index is -0.412. The van der Waals surface area contributed by atoms with Gasteiger partial charge in [0.2, 0.25) is 0 Å². The average molecular weight is 410 g/mol. The third-order valence-corrected chi connectivity index (χ3v) is 5.88. The Labute approximate surface area is 178 Å². The lowest BCUT2D eigenvalue weighted by Crippen LogP contribution is -2.51. The van der Waals surface area contributed by atoms with Gasteiger partial charge in [-0.2, -0.15) is 0 Å². The van der Waals surface area contributed by atoms with Gasteiger partial charge >= 0.3 is 5.97 Å². The first-order valence-electron chi connectivity index (χ1n) is 10.4. The Morgan fingerprint density at radius 2 is 1.80 bits per heavy atom. The number of nitrogens with one attached hydrogen (secondary N) is 1. The highest BCUT2D eigenvalue weighted by molar-refractivity contribution is 6.03. The zero-order valence-electron chi connectivity index (χ0n) is 18.3. The lowest BCUT2D eigenvalue weighted by molar-refractivity contribution is 0.0599. The fraction of sp³-hybridized carbons (Fsp3) is 0.417. The molecule has 1 atom stereocenters. The predicted octanol–water partition coefficient (Wildman–Crippen LogP) is 3.32. The third-order valence-electron chi connectivity index (χ3n) is 5.88. The Bertz CT molecular complexity index is 909. The van der Waals surface area contributed by atoms with Gasteiger partial charge in [0.05, 0.1) is 24.4 Å². The molecule has 2 heterocycles. The maximum atomic E-state index is 13.1. The molecule has 3 rings (SSSR count). The number of benzene rings is 1. The average Bonchev–Trinajstić information content (AvgIpc) is 3.07. The second kappa shape index (κ2) is 9.87. The van der Waals surface area contributed by atoms with E-state index >= 15 is 0 Å². The van der Waals surface area contributed by atoms with E-state index in [-0.39, 0.29) is 11.8 Å². The molecule has 0 amide bonds. The topological polar surface area (TPSA) is 65.6 Å². The second-order valence-electron chi connectivity index (χ2n) is 7.81. The summed E-state index contributed by atoms with van der Waals surface area (Å²) in [6, 6.07) is 10.0. The molecule has 0 saturated carbocycles. The number of carbonyl (C=O) groups excluding carboxylic acids is 2. The zero-order chi connectivity index (χ0) is 21.7. The van der Waals surface area contributed by atoms with Gasteiger partial charge in [-0.1, -0.05) is 42.5 Å². The first kappa shape index (κ1) is 22.0. The number of aromatic amines is 1. The number of aryl methyl sites for hydroxylation is 1. The number of ketones is 1. The lowest BCUT2D eigenvalue weighted by Gasteiger charge is -2.37. The number of carbonyl (C=O) groups is 2. The highest BCUT2D eigenvalue weighted by Crippen LogP contribution is 2.21. The SMILES string of the molecule is COC(=O)c1c(C)[nH]c(C(=O)[C@@H](C)N2CCN(C/C=C/c3ccccc3)CC2)c1C. The molecule has 6 nitrogen and oxygen atoms in total. The Balaban J connectivity index is 1.56. The summed E-state index contributed by atoms with van der Waals surface area (Å²) in [7, 11) is 1.35. The van der Waals surface area contributed by atoms with Crippen LogP contribution in [0.2, 0.25) is 0 Å². The summed E-state index contributed by atoms with van der Waals surface area (Å²) >= 11 is 0. The molecule has 1 N–H and O–H groups in total. The van der Waals surface area contributed by atoms with Crippen LogP contribution in [0, 0.1) is 13.8 Å². The van der Waals surface area contributed by atoms with Gasteiger partial charge in [0.15, 0.2) is 5.78 Å². The van der Waals surface area contributed by atoms with Crippen molar-refractivity contribution >= 4 is 17.8 Å². The van der Waals surface area contributed by atoms with Crippen LogP contribution in [0.4, 0.5) is 0 Å². The quantitative estimate of drug-likeness (QED) is 0.561. The molecule has 0 unspecified atom stereocenters. The van der Waals surface area contributed by atoms with Crippen LogP contribution >= 0.6 is 0 Å². The molecule has 1 aliphatic rings. The molecule has 6 heteroatoms. The number of hydrogen-bond donors (Lipinski definition) is 1. The third kappa shape index (κ3) is 4.89. The molecule has 1 aromatic heterocycles. The van der Waals surface area contributed by atoms with E-state index in [4.69, 9.17) is 4.74 Å². The van der Waals surface area contributed by atoms with Gasteiger partial charge < -0.3 is 9.72 Å². The summed E-state index contributed by atoms with van der Waals surface area (Å²) in [5.41, 5.74) is 3.51. The Morgan fingerprint density at radius 1 is 1.13 bits per heavy atom. The van der Waals surface area contributed by atoms with Gasteiger partial charge in [0, 0.05) is 38.4 Å². The minimum Gasteiger partial charge on any atom is -0.465 e.